The van der Waals surface area contributed by atoms with E-state index in [4.69, 9.17) is 11.0 Å². The van der Waals surface area contributed by atoms with Crippen LogP contribution < -0.4 is 16.0 Å². The van der Waals surface area contributed by atoms with Crippen LogP contribution in [0.3, 0.4) is 0 Å². The molecule has 1 amide bonds. The van der Waals surface area contributed by atoms with Crippen molar-refractivity contribution < 1.29 is 4.79 Å². The van der Waals surface area contributed by atoms with Gasteiger partial charge in [-0.15, -0.1) is 0 Å². The number of amides is 1. The first kappa shape index (κ1) is 11.2. The van der Waals surface area contributed by atoms with Gasteiger partial charge in [0.1, 0.15) is 11.9 Å². The molecule has 0 aromatic carbocycles. The van der Waals surface area contributed by atoms with Crippen LogP contribution in [0.1, 0.15) is 12.1 Å². The lowest BCUT2D eigenvalue weighted by Crippen LogP contribution is -2.29. The number of anilines is 2. The number of aromatic nitrogens is 1. The predicted octanol–water partition coefficient (Wildman–Crippen LogP) is -0.138. The Kier molecular flexibility index (Phi) is 3.10. The first-order valence-corrected chi connectivity index (χ1v) is 5.39. The Hall–Kier alpha value is -2.29. The molecule has 0 spiro atoms. The van der Waals surface area contributed by atoms with Crippen LogP contribution in [0.5, 0.6) is 0 Å². The number of nitriles is 1. The normalized spacial score (nSPS) is 15.9. The largest absolute Gasteiger partial charge is 0.396 e. The number of nitrogens with two attached hydrogens (primary N) is 1. The number of nitrogens with one attached hydrogen (secondary N) is 1. The first-order chi connectivity index (χ1) is 8.20. The second kappa shape index (κ2) is 4.70. The highest BCUT2D eigenvalue weighted by Gasteiger charge is 2.15. The number of nitrogen functional groups attached to an aromatic ring is 1. The molecule has 1 saturated heterocycles. The van der Waals surface area contributed by atoms with Crippen LogP contribution in [-0.4, -0.2) is 30.5 Å². The standard InChI is InChI=1S/C11H13N5O/c12-7-9-8(13)1-2-10(15-9)16-5-3-11(17)14-4-6-16/h1-2H,3-6,13H2,(H,14,17). The molecule has 1 aromatic heterocycles. The SMILES string of the molecule is N#Cc1nc(N2CCNC(=O)CC2)ccc1N. The van der Waals surface area contributed by atoms with E-state index in [2.05, 4.69) is 10.3 Å². The third kappa shape index (κ3) is 2.45. The third-order valence-corrected chi connectivity index (χ3v) is 2.65. The van der Waals surface area contributed by atoms with Crippen LogP contribution >= 0.6 is 0 Å². The molecule has 1 aliphatic heterocycles. The Morgan fingerprint density at radius 1 is 1.47 bits per heavy atom. The molecule has 0 radical (unpaired) electrons. The zero-order valence-corrected chi connectivity index (χ0v) is 9.31. The summed E-state index contributed by atoms with van der Waals surface area (Å²) in [5, 5.41) is 11.6. The maximum absolute atomic E-state index is 11.2. The van der Waals surface area contributed by atoms with Gasteiger partial charge < -0.3 is 16.0 Å². The fourth-order valence-corrected chi connectivity index (χ4v) is 1.72. The molecule has 88 valence electrons. The van der Waals surface area contributed by atoms with Crippen molar-refractivity contribution in [2.45, 2.75) is 6.42 Å². The molecular weight excluding hydrogens is 218 g/mol. The van der Waals surface area contributed by atoms with Crippen molar-refractivity contribution in [2.24, 2.45) is 0 Å². The average Bonchev–Trinajstić information content (AvgIpc) is 2.55. The predicted molar refractivity (Wildman–Crippen MR) is 63.2 cm³/mol. The van der Waals surface area contributed by atoms with Gasteiger partial charge in [-0.05, 0) is 12.1 Å². The molecular formula is C11H13N5O. The molecule has 0 atom stereocenters. The van der Waals surface area contributed by atoms with Crippen LogP contribution in [0.2, 0.25) is 0 Å². The summed E-state index contributed by atoms with van der Waals surface area (Å²) in [4.78, 5) is 17.4. The molecule has 0 bridgehead atoms. The number of hydrogen-bond acceptors (Lipinski definition) is 5. The second-order valence-corrected chi connectivity index (χ2v) is 3.81. The molecule has 1 aliphatic rings. The van der Waals surface area contributed by atoms with Crippen molar-refractivity contribution in [2.75, 3.05) is 30.3 Å². The minimum absolute atomic E-state index is 0.0449. The molecule has 0 unspecified atom stereocenters. The summed E-state index contributed by atoms with van der Waals surface area (Å²) < 4.78 is 0. The third-order valence-electron chi connectivity index (χ3n) is 2.65. The van der Waals surface area contributed by atoms with E-state index in [1.165, 1.54) is 0 Å². The molecule has 6 nitrogen and oxygen atoms in total. The highest BCUT2D eigenvalue weighted by molar-refractivity contribution is 5.77. The van der Waals surface area contributed by atoms with Gasteiger partial charge in [0.25, 0.3) is 0 Å². The topological polar surface area (TPSA) is 95.0 Å². The van der Waals surface area contributed by atoms with Gasteiger partial charge in [-0.3, -0.25) is 4.79 Å². The summed E-state index contributed by atoms with van der Waals surface area (Å²) in [6.07, 6.45) is 0.438. The van der Waals surface area contributed by atoms with Crippen LogP contribution in [0.25, 0.3) is 0 Å². The summed E-state index contributed by atoms with van der Waals surface area (Å²) >= 11 is 0. The number of pyridine rings is 1. The Labute approximate surface area is 99.0 Å². The number of hydrogen-bond donors (Lipinski definition) is 2. The van der Waals surface area contributed by atoms with E-state index in [1.807, 2.05) is 11.0 Å². The van der Waals surface area contributed by atoms with E-state index in [-0.39, 0.29) is 11.6 Å². The lowest BCUT2D eigenvalue weighted by atomic mass is 10.3. The zero-order chi connectivity index (χ0) is 12.3. The molecule has 3 N–H and O–H groups in total. The molecule has 2 rings (SSSR count). The van der Waals surface area contributed by atoms with Crippen molar-refractivity contribution in [3.8, 4) is 6.07 Å². The van der Waals surface area contributed by atoms with Gasteiger partial charge in [0, 0.05) is 26.1 Å². The van der Waals surface area contributed by atoms with Gasteiger partial charge in [-0.25, -0.2) is 4.98 Å². The van der Waals surface area contributed by atoms with E-state index in [0.29, 0.717) is 37.6 Å². The monoisotopic (exact) mass is 231 g/mol. The number of rotatable bonds is 1. The van der Waals surface area contributed by atoms with Crippen molar-refractivity contribution in [1.29, 1.82) is 5.26 Å². The van der Waals surface area contributed by atoms with Crippen LogP contribution in [-0.2, 0) is 4.79 Å². The lowest BCUT2D eigenvalue weighted by molar-refractivity contribution is -0.120. The smallest absolute Gasteiger partial charge is 0.221 e. The molecule has 1 fully saturated rings. The highest BCUT2D eigenvalue weighted by atomic mass is 16.1. The summed E-state index contributed by atoms with van der Waals surface area (Å²) in [6, 6.07) is 5.39. The first-order valence-electron chi connectivity index (χ1n) is 5.39. The van der Waals surface area contributed by atoms with E-state index >= 15 is 0 Å². The molecule has 1 aromatic rings. The summed E-state index contributed by atoms with van der Waals surface area (Å²) in [6.45, 7) is 1.88. The van der Waals surface area contributed by atoms with Crippen molar-refractivity contribution in [3.05, 3.63) is 17.8 Å². The fourth-order valence-electron chi connectivity index (χ4n) is 1.72. The van der Waals surface area contributed by atoms with E-state index in [9.17, 15) is 4.79 Å². The molecule has 17 heavy (non-hydrogen) atoms. The number of nitrogens with zero attached hydrogens (tertiary/aromatic N) is 3. The van der Waals surface area contributed by atoms with E-state index < -0.39 is 0 Å². The second-order valence-electron chi connectivity index (χ2n) is 3.81. The summed E-state index contributed by atoms with van der Waals surface area (Å²) in [7, 11) is 0. The molecule has 0 aliphatic carbocycles. The van der Waals surface area contributed by atoms with Crippen molar-refractivity contribution in [1.82, 2.24) is 10.3 Å². The van der Waals surface area contributed by atoms with Crippen molar-refractivity contribution >= 4 is 17.4 Å². The minimum atomic E-state index is 0.0449. The highest BCUT2D eigenvalue weighted by Crippen LogP contribution is 2.16. The minimum Gasteiger partial charge on any atom is -0.396 e. The number of carbonyl (C=O) groups is 1. The Balaban J connectivity index is 2.22. The maximum Gasteiger partial charge on any atom is 0.221 e. The van der Waals surface area contributed by atoms with E-state index in [0.717, 1.165) is 0 Å². The quantitative estimate of drug-likeness (QED) is 0.701. The van der Waals surface area contributed by atoms with Crippen LogP contribution in [0.15, 0.2) is 12.1 Å². The van der Waals surface area contributed by atoms with Crippen molar-refractivity contribution in [3.63, 3.8) is 0 Å². The zero-order valence-electron chi connectivity index (χ0n) is 9.31. The van der Waals surface area contributed by atoms with Crippen LogP contribution in [0.4, 0.5) is 11.5 Å². The van der Waals surface area contributed by atoms with Gasteiger partial charge in [0.15, 0.2) is 5.69 Å². The van der Waals surface area contributed by atoms with Gasteiger partial charge in [0.2, 0.25) is 5.91 Å². The van der Waals surface area contributed by atoms with Gasteiger partial charge in [0.05, 0.1) is 5.69 Å². The Morgan fingerprint density at radius 3 is 3.06 bits per heavy atom. The molecule has 6 heteroatoms. The lowest BCUT2D eigenvalue weighted by Gasteiger charge is -2.20. The molecule has 0 saturated carbocycles. The Bertz CT molecular complexity index is 479. The van der Waals surface area contributed by atoms with E-state index in [1.54, 1.807) is 12.1 Å². The average molecular weight is 231 g/mol. The number of carbonyl (C=O) groups excluding carboxylic acids is 1. The summed E-state index contributed by atoms with van der Waals surface area (Å²) in [5.41, 5.74) is 6.22. The van der Waals surface area contributed by atoms with Crippen LogP contribution in [0, 0.1) is 11.3 Å². The van der Waals surface area contributed by atoms with Gasteiger partial charge >= 0.3 is 0 Å². The summed E-state index contributed by atoms with van der Waals surface area (Å²) in [5.74, 6) is 0.732. The maximum atomic E-state index is 11.2. The van der Waals surface area contributed by atoms with Gasteiger partial charge in [-0.1, -0.05) is 0 Å². The Morgan fingerprint density at radius 2 is 2.29 bits per heavy atom. The molecule has 2 heterocycles. The fraction of sp³-hybridized carbons (Fsp3) is 0.364. The van der Waals surface area contributed by atoms with Gasteiger partial charge in [-0.2, -0.15) is 5.26 Å².